The second-order valence-electron chi connectivity index (χ2n) is 10.2. The van der Waals surface area contributed by atoms with E-state index >= 15 is 0 Å². The summed E-state index contributed by atoms with van der Waals surface area (Å²) < 4.78 is 11.5. The molecule has 224 valence electrons. The summed E-state index contributed by atoms with van der Waals surface area (Å²) in [5.74, 6) is 0.407. The Kier molecular flexibility index (Phi) is 8.15. The molecule has 0 amide bonds. The van der Waals surface area contributed by atoms with Crippen LogP contribution in [0.3, 0.4) is 0 Å². The fraction of sp³-hybridized carbons (Fsp3) is 0.200. The number of nitro groups is 4. The number of rotatable bonds is 10. The van der Waals surface area contributed by atoms with Crippen LogP contribution in [0.2, 0.25) is 0 Å². The summed E-state index contributed by atoms with van der Waals surface area (Å²) in [7, 11) is 0. The molecule has 0 aromatic heterocycles. The van der Waals surface area contributed by atoms with Gasteiger partial charge in [0.25, 0.3) is 11.4 Å². The topological polar surface area (TPSA) is 191 Å². The predicted molar refractivity (Wildman–Crippen MR) is 156 cm³/mol. The van der Waals surface area contributed by atoms with Gasteiger partial charge in [0.1, 0.15) is 11.5 Å². The summed E-state index contributed by atoms with van der Waals surface area (Å²) in [4.78, 5) is 42.2. The Hall–Kier alpha value is -5.92. The van der Waals surface area contributed by atoms with Crippen molar-refractivity contribution in [3.05, 3.63) is 137 Å². The van der Waals surface area contributed by atoms with Crippen LogP contribution < -0.4 is 9.47 Å². The van der Waals surface area contributed by atoms with Crippen LogP contribution in [0.25, 0.3) is 0 Å². The fourth-order valence-corrected chi connectivity index (χ4v) is 5.53. The number of hydrogen-bond acceptors (Lipinski definition) is 10. The molecule has 0 aliphatic heterocycles. The molecule has 0 spiro atoms. The molecule has 1 aliphatic carbocycles. The first kappa shape index (κ1) is 29.6. The standard InChI is InChI=1S/C30H24N4O10/c35-31(36)22-8-14-28(26(18-22)33(39)40)43-24-10-4-20(5-11-24)30(16-2-1-3-17-30)21-6-12-25(13-7-21)44-29-15-9-23(32(37)38)19-27(29)34(41)42/h4-15,18-19H,1-3,16-17H2. The van der Waals surface area contributed by atoms with Crippen molar-refractivity contribution in [1.29, 1.82) is 0 Å². The average Bonchev–Trinajstić information content (AvgIpc) is 3.02. The van der Waals surface area contributed by atoms with Crippen molar-refractivity contribution in [1.82, 2.24) is 0 Å². The molecule has 1 aliphatic rings. The van der Waals surface area contributed by atoms with Gasteiger partial charge in [0, 0.05) is 17.5 Å². The number of hydrogen-bond donors (Lipinski definition) is 0. The van der Waals surface area contributed by atoms with Gasteiger partial charge in [-0.1, -0.05) is 43.5 Å². The van der Waals surface area contributed by atoms with Crippen molar-refractivity contribution < 1.29 is 29.2 Å². The van der Waals surface area contributed by atoms with Crippen LogP contribution in [0.15, 0.2) is 84.9 Å². The van der Waals surface area contributed by atoms with Gasteiger partial charge in [-0.2, -0.15) is 0 Å². The molecule has 0 radical (unpaired) electrons. The van der Waals surface area contributed by atoms with E-state index in [-0.39, 0.29) is 16.9 Å². The summed E-state index contributed by atoms with van der Waals surface area (Å²) in [6.07, 6.45) is 4.77. The number of nitro benzene ring substituents is 4. The smallest absolute Gasteiger partial charge is 0.318 e. The van der Waals surface area contributed by atoms with Gasteiger partial charge in [0.05, 0.1) is 31.8 Å². The third kappa shape index (κ3) is 5.99. The second kappa shape index (κ2) is 12.1. The quantitative estimate of drug-likeness (QED) is 0.127. The monoisotopic (exact) mass is 600 g/mol. The van der Waals surface area contributed by atoms with Crippen LogP contribution >= 0.6 is 0 Å². The first-order valence-corrected chi connectivity index (χ1v) is 13.5. The maximum absolute atomic E-state index is 11.5. The van der Waals surface area contributed by atoms with Crippen molar-refractivity contribution in [2.75, 3.05) is 0 Å². The highest BCUT2D eigenvalue weighted by molar-refractivity contribution is 5.56. The highest BCUT2D eigenvalue weighted by Gasteiger charge is 2.36. The Labute approximate surface area is 249 Å². The average molecular weight is 601 g/mol. The lowest BCUT2D eigenvalue weighted by atomic mass is 9.65. The van der Waals surface area contributed by atoms with Crippen LogP contribution in [0.1, 0.15) is 43.2 Å². The van der Waals surface area contributed by atoms with Crippen LogP contribution in [-0.2, 0) is 5.41 Å². The molecule has 4 aromatic carbocycles. The van der Waals surface area contributed by atoms with Crippen molar-refractivity contribution in [3.8, 4) is 23.0 Å². The molecule has 0 atom stereocenters. The van der Waals surface area contributed by atoms with Gasteiger partial charge in [-0.15, -0.1) is 0 Å². The van der Waals surface area contributed by atoms with Crippen LogP contribution in [-0.4, -0.2) is 19.7 Å². The van der Waals surface area contributed by atoms with Crippen molar-refractivity contribution in [2.24, 2.45) is 0 Å². The van der Waals surface area contributed by atoms with Crippen LogP contribution in [0, 0.1) is 40.5 Å². The zero-order chi connectivity index (χ0) is 31.4. The van der Waals surface area contributed by atoms with Gasteiger partial charge < -0.3 is 9.47 Å². The van der Waals surface area contributed by atoms with Crippen molar-refractivity contribution in [2.45, 2.75) is 37.5 Å². The summed E-state index contributed by atoms with van der Waals surface area (Å²) >= 11 is 0. The SMILES string of the molecule is O=[N+]([O-])c1ccc(Oc2ccc(C3(c4ccc(Oc5ccc([N+](=O)[O-])cc5[N+](=O)[O-])cc4)CCCCC3)cc2)c([N+](=O)[O-])c1. The maximum Gasteiger partial charge on any atom is 0.318 e. The van der Waals surface area contributed by atoms with Gasteiger partial charge in [0.2, 0.25) is 11.5 Å². The summed E-state index contributed by atoms with van der Waals surface area (Å²) in [5, 5.41) is 45.1. The van der Waals surface area contributed by atoms with E-state index < -0.39 is 42.4 Å². The van der Waals surface area contributed by atoms with Crippen LogP contribution in [0.4, 0.5) is 22.7 Å². The van der Waals surface area contributed by atoms with E-state index in [1.165, 1.54) is 12.1 Å². The Bertz CT molecular complexity index is 1630. The first-order valence-electron chi connectivity index (χ1n) is 13.5. The van der Waals surface area contributed by atoms with E-state index in [2.05, 4.69) is 0 Å². The number of benzene rings is 4. The minimum absolute atomic E-state index is 0.121. The summed E-state index contributed by atoms with van der Waals surface area (Å²) in [6, 6.07) is 20.7. The Morgan fingerprint density at radius 1 is 0.500 bits per heavy atom. The van der Waals surface area contributed by atoms with Crippen molar-refractivity contribution in [3.63, 3.8) is 0 Å². The summed E-state index contributed by atoms with van der Waals surface area (Å²) in [6.45, 7) is 0. The number of nitrogens with zero attached hydrogens (tertiary/aromatic N) is 4. The van der Waals surface area contributed by atoms with E-state index in [0.717, 1.165) is 67.5 Å². The zero-order valence-corrected chi connectivity index (χ0v) is 23.0. The molecule has 0 unspecified atom stereocenters. The number of ether oxygens (including phenoxy) is 2. The Morgan fingerprint density at radius 3 is 1.23 bits per heavy atom. The maximum atomic E-state index is 11.5. The molecule has 14 nitrogen and oxygen atoms in total. The van der Waals surface area contributed by atoms with Gasteiger partial charge in [-0.05, 0) is 60.4 Å². The normalized spacial score (nSPS) is 13.9. The van der Waals surface area contributed by atoms with E-state index in [1.54, 1.807) is 24.3 Å². The van der Waals surface area contributed by atoms with Crippen molar-refractivity contribution >= 4 is 22.7 Å². The Balaban J connectivity index is 1.40. The molecule has 1 saturated carbocycles. The largest absolute Gasteiger partial charge is 0.450 e. The highest BCUT2D eigenvalue weighted by Crippen LogP contribution is 2.46. The molecule has 5 rings (SSSR count). The lowest BCUT2D eigenvalue weighted by molar-refractivity contribution is -0.394. The molecule has 0 N–H and O–H groups in total. The molecule has 4 aromatic rings. The lowest BCUT2D eigenvalue weighted by Gasteiger charge is -2.38. The predicted octanol–water partition coefficient (Wildman–Crippen LogP) is 8.15. The minimum Gasteiger partial charge on any atom is -0.450 e. The fourth-order valence-electron chi connectivity index (χ4n) is 5.53. The first-order chi connectivity index (χ1) is 21.1. The molecule has 14 heteroatoms. The molecular formula is C30H24N4O10. The molecule has 1 fully saturated rings. The molecular weight excluding hydrogens is 576 g/mol. The van der Waals surface area contributed by atoms with E-state index in [4.69, 9.17) is 9.47 Å². The van der Waals surface area contributed by atoms with Gasteiger partial charge in [-0.25, -0.2) is 0 Å². The minimum atomic E-state index is -0.735. The third-order valence-electron chi connectivity index (χ3n) is 7.68. The molecule has 0 heterocycles. The van der Waals surface area contributed by atoms with Crippen LogP contribution in [0.5, 0.6) is 23.0 Å². The van der Waals surface area contributed by atoms with Gasteiger partial charge >= 0.3 is 11.4 Å². The molecule has 0 saturated heterocycles. The Morgan fingerprint density at radius 2 is 0.886 bits per heavy atom. The highest BCUT2D eigenvalue weighted by atomic mass is 16.6. The molecule has 44 heavy (non-hydrogen) atoms. The third-order valence-corrected chi connectivity index (χ3v) is 7.68. The lowest BCUT2D eigenvalue weighted by Crippen LogP contribution is -2.30. The van der Waals surface area contributed by atoms with Gasteiger partial charge in [-0.3, -0.25) is 40.5 Å². The van der Waals surface area contributed by atoms with E-state index in [9.17, 15) is 40.5 Å². The second-order valence-corrected chi connectivity index (χ2v) is 10.2. The van der Waals surface area contributed by atoms with Gasteiger partial charge in [0.15, 0.2) is 0 Å². The molecule has 0 bridgehead atoms. The summed E-state index contributed by atoms with van der Waals surface area (Å²) in [5.41, 5.74) is -0.220. The zero-order valence-electron chi connectivity index (χ0n) is 23.0. The van der Waals surface area contributed by atoms with E-state index in [0.29, 0.717) is 11.5 Å². The van der Waals surface area contributed by atoms with E-state index in [1.807, 2.05) is 24.3 Å². The number of non-ortho nitro benzene ring substituents is 2.